The van der Waals surface area contributed by atoms with Gasteiger partial charge in [-0.2, -0.15) is 0 Å². The number of nitrogens with zero attached hydrogens (tertiary/aromatic N) is 4. The molecule has 20 rings (SSSR count). The van der Waals surface area contributed by atoms with E-state index in [-0.39, 0.29) is 6.71 Å². The molecule has 0 atom stereocenters. The van der Waals surface area contributed by atoms with Crippen molar-refractivity contribution in [3.05, 3.63) is 309 Å². The second-order valence-electron chi connectivity index (χ2n) is 24.6. The molecule has 2 aliphatic rings. The summed E-state index contributed by atoms with van der Waals surface area (Å²) in [6.07, 6.45) is 0. The molecular formula is C86H51BN4. The number of hydrogen-bond acceptors (Lipinski definition) is 4. The van der Waals surface area contributed by atoms with Crippen molar-refractivity contribution >= 4 is 143 Å². The van der Waals surface area contributed by atoms with Gasteiger partial charge in [-0.15, -0.1) is 0 Å². The topological polar surface area (TPSA) is 32.3 Å². The van der Waals surface area contributed by atoms with Crippen LogP contribution in [0, 0.1) is 0 Å². The van der Waals surface area contributed by atoms with Crippen molar-refractivity contribution in [2.75, 3.05) is 9.80 Å². The molecule has 18 aromatic rings. The Morgan fingerprint density at radius 1 is 0.220 bits per heavy atom. The first-order valence-electron chi connectivity index (χ1n) is 31.5. The van der Waals surface area contributed by atoms with Crippen molar-refractivity contribution < 1.29 is 0 Å². The van der Waals surface area contributed by atoms with E-state index in [1.54, 1.807) is 0 Å². The lowest BCUT2D eigenvalue weighted by Crippen LogP contribution is -2.61. The molecule has 0 unspecified atom stereocenters. The minimum absolute atomic E-state index is 0.247. The first-order chi connectivity index (χ1) is 45.1. The van der Waals surface area contributed by atoms with Crippen LogP contribution in [-0.2, 0) is 0 Å². The number of rotatable bonds is 7. The third-order valence-electron chi connectivity index (χ3n) is 19.9. The molecule has 0 fully saturated rings. The summed E-state index contributed by atoms with van der Waals surface area (Å²) in [7, 11) is 0. The van der Waals surface area contributed by atoms with Crippen molar-refractivity contribution in [1.82, 2.24) is 9.97 Å². The van der Waals surface area contributed by atoms with Crippen LogP contribution in [0.4, 0.5) is 34.1 Å². The predicted molar refractivity (Wildman–Crippen MR) is 386 cm³/mol. The minimum atomic E-state index is -0.247. The first-order valence-corrected chi connectivity index (χ1v) is 31.5. The highest BCUT2D eigenvalue weighted by Gasteiger charge is 2.46. The molecule has 4 nitrogen and oxygen atoms in total. The molecule has 0 amide bonds. The highest BCUT2D eigenvalue weighted by atomic mass is 15.2. The molecule has 0 N–H and O–H groups in total. The van der Waals surface area contributed by atoms with Crippen LogP contribution in [0.2, 0.25) is 0 Å². The average Bonchev–Trinajstić information content (AvgIpc) is 0.743. The molecule has 0 saturated heterocycles. The number of aromatic nitrogens is 2. The van der Waals surface area contributed by atoms with Crippen molar-refractivity contribution in [3.63, 3.8) is 0 Å². The lowest BCUT2D eigenvalue weighted by molar-refractivity contribution is 1.18. The predicted octanol–water partition coefficient (Wildman–Crippen LogP) is 21.0. The number of benzene rings is 17. The van der Waals surface area contributed by atoms with Crippen LogP contribution in [0.1, 0.15) is 0 Å². The second-order valence-corrected chi connectivity index (χ2v) is 24.6. The summed E-state index contributed by atoms with van der Waals surface area (Å²) in [5.74, 6) is 0.672. The maximum atomic E-state index is 5.64. The van der Waals surface area contributed by atoms with E-state index in [1.807, 2.05) is 0 Å². The minimum Gasteiger partial charge on any atom is -0.311 e. The van der Waals surface area contributed by atoms with Gasteiger partial charge in [-0.25, -0.2) is 9.97 Å². The Hall–Kier alpha value is -11.9. The molecule has 418 valence electrons. The van der Waals surface area contributed by atoms with Crippen LogP contribution in [0.15, 0.2) is 309 Å². The van der Waals surface area contributed by atoms with Crippen LogP contribution >= 0.6 is 0 Å². The van der Waals surface area contributed by atoms with Crippen LogP contribution in [-0.4, -0.2) is 16.7 Å². The molecule has 91 heavy (non-hydrogen) atoms. The molecule has 0 bridgehead atoms. The molecule has 0 radical (unpaired) electrons. The van der Waals surface area contributed by atoms with Crippen molar-refractivity contribution in [1.29, 1.82) is 0 Å². The molecule has 0 aliphatic carbocycles. The Labute approximate surface area is 525 Å². The van der Waals surface area contributed by atoms with Crippen molar-refractivity contribution in [2.45, 2.75) is 0 Å². The zero-order valence-corrected chi connectivity index (χ0v) is 49.3. The summed E-state index contributed by atoms with van der Waals surface area (Å²) in [6, 6.07) is 115. The third-order valence-corrected chi connectivity index (χ3v) is 19.9. The highest BCUT2D eigenvalue weighted by Crippen LogP contribution is 2.52. The van der Waals surface area contributed by atoms with Gasteiger partial charge in [0.15, 0.2) is 5.82 Å². The zero-order valence-electron chi connectivity index (χ0n) is 49.3. The van der Waals surface area contributed by atoms with Gasteiger partial charge in [0.05, 0.1) is 11.4 Å². The molecule has 0 saturated carbocycles. The number of anilines is 6. The first kappa shape index (κ1) is 50.1. The van der Waals surface area contributed by atoms with Crippen LogP contribution in [0.3, 0.4) is 0 Å². The molecule has 3 heterocycles. The Morgan fingerprint density at radius 3 is 0.978 bits per heavy atom. The van der Waals surface area contributed by atoms with Gasteiger partial charge in [0, 0.05) is 50.8 Å². The largest absolute Gasteiger partial charge is 0.311 e. The van der Waals surface area contributed by atoms with E-state index < -0.39 is 0 Å². The van der Waals surface area contributed by atoms with Crippen molar-refractivity contribution in [2.24, 2.45) is 0 Å². The summed E-state index contributed by atoms with van der Waals surface area (Å²) in [6.45, 7) is -0.247. The molecule has 1 aromatic heterocycles. The molecule has 5 heteroatoms. The van der Waals surface area contributed by atoms with E-state index in [2.05, 4.69) is 319 Å². The van der Waals surface area contributed by atoms with E-state index >= 15 is 0 Å². The van der Waals surface area contributed by atoms with Gasteiger partial charge in [0.2, 0.25) is 0 Å². The summed E-state index contributed by atoms with van der Waals surface area (Å²) in [5.41, 5.74) is 19.8. The van der Waals surface area contributed by atoms with Gasteiger partial charge in [0.1, 0.15) is 0 Å². The highest BCUT2D eigenvalue weighted by molar-refractivity contribution is 7.03. The molecular weight excluding hydrogens is 1100 g/mol. The lowest BCUT2D eigenvalue weighted by Gasteiger charge is -2.45. The van der Waals surface area contributed by atoms with Crippen LogP contribution in [0.5, 0.6) is 0 Å². The van der Waals surface area contributed by atoms with E-state index in [0.717, 1.165) is 73.3 Å². The monoisotopic (exact) mass is 1150 g/mol. The Kier molecular flexibility index (Phi) is 10.6. The Bertz CT molecular complexity index is 5620. The van der Waals surface area contributed by atoms with E-state index in [1.165, 1.54) is 114 Å². The fraction of sp³-hybridized carbons (Fsp3) is 0. The molecule has 0 spiro atoms. The van der Waals surface area contributed by atoms with Gasteiger partial charge in [0.25, 0.3) is 6.71 Å². The Balaban J connectivity index is 0.975. The standard InChI is InChI=1S/C86H51BN4/c1-5-19-52(20-6-1)54-39-43-61(44-40-54)90-75-47-60(74-51-73(56-23-9-3-10-24-56)88-86(89-74)59-25-11-4-12-26-59)48-76-85(75)87(83-69-37-17-35-65-63-31-13-27-57-29-15-33-67(79(57)63)71(81(65)69)49-77(83)90)84-70-38-18-36-66-64-32-14-28-58-30-16-34-68(80(58)64)72(82(66)70)50-78(84)91(76)62-45-41-55(42-46-62)53-21-7-2-8-22-53/h1-51H. The Morgan fingerprint density at radius 2 is 0.549 bits per heavy atom. The normalized spacial score (nSPS) is 12.8. The lowest BCUT2D eigenvalue weighted by atomic mass is 9.32. The van der Waals surface area contributed by atoms with E-state index in [4.69, 9.17) is 9.97 Å². The van der Waals surface area contributed by atoms with E-state index in [9.17, 15) is 0 Å². The van der Waals surface area contributed by atoms with Gasteiger partial charge < -0.3 is 9.80 Å². The number of hydrogen-bond donors (Lipinski definition) is 0. The number of fused-ring (bicyclic) bond motifs is 10. The smallest absolute Gasteiger partial charge is 0.253 e. The fourth-order valence-electron chi connectivity index (χ4n) is 16.0. The van der Waals surface area contributed by atoms with E-state index in [0.29, 0.717) is 5.82 Å². The fourth-order valence-corrected chi connectivity index (χ4v) is 16.0. The summed E-state index contributed by atoms with van der Waals surface area (Å²) in [5, 5.41) is 20.3. The molecule has 17 aromatic carbocycles. The summed E-state index contributed by atoms with van der Waals surface area (Å²) < 4.78 is 0. The summed E-state index contributed by atoms with van der Waals surface area (Å²) >= 11 is 0. The molecule has 2 aliphatic heterocycles. The zero-order chi connectivity index (χ0) is 59.4. The summed E-state index contributed by atoms with van der Waals surface area (Å²) in [4.78, 5) is 16.2. The van der Waals surface area contributed by atoms with Gasteiger partial charge in [-0.1, -0.05) is 255 Å². The maximum Gasteiger partial charge on any atom is 0.253 e. The maximum absolute atomic E-state index is 5.64. The van der Waals surface area contributed by atoms with Crippen LogP contribution < -0.4 is 26.2 Å². The van der Waals surface area contributed by atoms with Gasteiger partial charge >= 0.3 is 0 Å². The third kappa shape index (κ3) is 7.34. The van der Waals surface area contributed by atoms with Crippen molar-refractivity contribution in [3.8, 4) is 56.2 Å². The van der Waals surface area contributed by atoms with Crippen LogP contribution in [0.25, 0.3) is 142 Å². The SMILES string of the molecule is c1ccc(-c2ccc(N3c4cc(-c5cc(-c6ccccc6)nc(-c6ccccc6)n5)cc5c4B(c4c3cc3c6cccc7cccc(c8cccc4c83)c76)c3c(cc4c6cccc7cccc(c8cccc3c84)c76)N5c3ccc(-c4ccccc4)cc3)cc2)cc1. The van der Waals surface area contributed by atoms with Gasteiger partial charge in [-0.3, -0.25) is 0 Å². The quantitative estimate of drug-likeness (QED) is 0.0904. The average molecular weight is 1150 g/mol. The van der Waals surface area contributed by atoms with Gasteiger partial charge in [-0.05, 0) is 179 Å². The second kappa shape index (κ2) is 19.3.